The molecular weight excluding hydrogens is 190 g/mol. The molecule has 0 fully saturated rings. The Balaban J connectivity index is 2.37. The third-order valence-electron chi connectivity index (χ3n) is 2.12. The zero-order valence-corrected chi connectivity index (χ0v) is 9.21. The van der Waals surface area contributed by atoms with Crippen molar-refractivity contribution in [3.8, 4) is 0 Å². The van der Waals surface area contributed by atoms with Crippen molar-refractivity contribution >= 4 is 6.03 Å². The molecule has 0 aliphatic rings. The molecule has 0 aliphatic carbocycles. The summed E-state index contributed by atoms with van der Waals surface area (Å²) in [5.41, 5.74) is 2.19. The summed E-state index contributed by atoms with van der Waals surface area (Å²) in [4.78, 5) is 15.3. The van der Waals surface area contributed by atoms with Crippen molar-refractivity contribution in [1.29, 1.82) is 0 Å². The van der Waals surface area contributed by atoms with Crippen LogP contribution in [0, 0.1) is 6.92 Å². The summed E-state index contributed by atoms with van der Waals surface area (Å²) in [7, 11) is 0. The smallest absolute Gasteiger partial charge is 0.315 e. The highest BCUT2D eigenvalue weighted by atomic mass is 16.2. The molecule has 0 saturated heterocycles. The quantitative estimate of drug-likeness (QED) is 0.788. The molecule has 0 spiro atoms. The first kappa shape index (κ1) is 11.5. The van der Waals surface area contributed by atoms with Gasteiger partial charge in [0, 0.05) is 25.5 Å². The van der Waals surface area contributed by atoms with E-state index in [1.165, 1.54) is 0 Å². The molecule has 1 aromatic heterocycles. The van der Waals surface area contributed by atoms with Crippen LogP contribution in [-0.2, 0) is 6.54 Å². The number of urea groups is 1. The number of aryl methyl sites for hydroxylation is 1. The Morgan fingerprint density at radius 1 is 1.47 bits per heavy atom. The molecule has 0 bridgehead atoms. The van der Waals surface area contributed by atoms with Crippen molar-refractivity contribution < 1.29 is 4.79 Å². The van der Waals surface area contributed by atoms with Gasteiger partial charge in [0.25, 0.3) is 0 Å². The van der Waals surface area contributed by atoms with Crippen LogP contribution in [0.15, 0.2) is 18.5 Å². The monoisotopic (exact) mass is 207 g/mol. The molecular formula is C11H17N3O. The largest absolute Gasteiger partial charge is 0.338 e. The van der Waals surface area contributed by atoms with Crippen LogP contribution in [0.1, 0.15) is 24.5 Å². The summed E-state index contributed by atoms with van der Waals surface area (Å²) in [6.07, 6.45) is 4.46. The van der Waals surface area contributed by atoms with Crippen molar-refractivity contribution in [2.24, 2.45) is 0 Å². The molecule has 2 N–H and O–H groups in total. The lowest BCUT2D eigenvalue weighted by atomic mass is 10.2. The summed E-state index contributed by atoms with van der Waals surface area (Å²) in [5, 5.41) is 5.54. The topological polar surface area (TPSA) is 54.0 Å². The first-order valence-electron chi connectivity index (χ1n) is 5.15. The predicted molar refractivity (Wildman–Crippen MR) is 59.5 cm³/mol. The highest BCUT2D eigenvalue weighted by Gasteiger charge is 2.00. The molecule has 0 unspecified atom stereocenters. The maximum atomic E-state index is 11.2. The van der Waals surface area contributed by atoms with Gasteiger partial charge in [-0.15, -0.1) is 0 Å². The van der Waals surface area contributed by atoms with E-state index in [1.807, 2.05) is 19.9 Å². The van der Waals surface area contributed by atoms with E-state index in [9.17, 15) is 4.79 Å². The van der Waals surface area contributed by atoms with Crippen LogP contribution in [-0.4, -0.2) is 17.6 Å². The zero-order valence-electron chi connectivity index (χ0n) is 9.21. The molecule has 4 heteroatoms. The number of nitrogens with zero attached hydrogens (tertiary/aromatic N) is 1. The van der Waals surface area contributed by atoms with Crippen molar-refractivity contribution in [2.45, 2.75) is 26.8 Å². The molecule has 1 aromatic rings. The first-order chi connectivity index (χ1) is 7.24. The second-order valence-electron chi connectivity index (χ2n) is 3.41. The number of nitrogens with one attached hydrogen (secondary N) is 2. The Kier molecular flexibility index (Phi) is 4.60. The average Bonchev–Trinajstić information content (AvgIpc) is 2.25. The van der Waals surface area contributed by atoms with Gasteiger partial charge in [-0.2, -0.15) is 0 Å². The van der Waals surface area contributed by atoms with Crippen LogP contribution in [0.4, 0.5) is 4.79 Å². The Labute approximate surface area is 90.1 Å². The van der Waals surface area contributed by atoms with Crippen LogP contribution >= 0.6 is 0 Å². The lowest BCUT2D eigenvalue weighted by Gasteiger charge is -2.07. The molecule has 0 aromatic carbocycles. The van der Waals surface area contributed by atoms with Crippen LogP contribution in [0.3, 0.4) is 0 Å². The predicted octanol–water partition coefficient (Wildman–Crippen LogP) is 1.60. The third kappa shape index (κ3) is 3.97. The lowest BCUT2D eigenvalue weighted by Crippen LogP contribution is -2.35. The summed E-state index contributed by atoms with van der Waals surface area (Å²) < 4.78 is 0. The summed E-state index contributed by atoms with van der Waals surface area (Å²) in [6, 6.07) is 1.81. The highest BCUT2D eigenvalue weighted by molar-refractivity contribution is 5.73. The molecule has 0 aliphatic heterocycles. The highest BCUT2D eigenvalue weighted by Crippen LogP contribution is 2.03. The van der Waals surface area contributed by atoms with Gasteiger partial charge in [0.15, 0.2) is 0 Å². The Morgan fingerprint density at radius 3 is 2.93 bits per heavy atom. The van der Waals surface area contributed by atoms with E-state index in [0.717, 1.165) is 17.5 Å². The molecule has 4 nitrogen and oxygen atoms in total. The van der Waals surface area contributed by atoms with E-state index in [1.54, 1.807) is 12.4 Å². The van der Waals surface area contributed by atoms with E-state index in [4.69, 9.17) is 0 Å². The van der Waals surface area contributed by atoms with Gasteiger partial charge >= 0.3 is 6.03 Å². The molecule has 82 valence electrons. The normalized spacial score (nSPS) is 9.73. The minimum absolute atomic E-state index is 0.125. The van der Waals surface area contributed by atoms with E-state index in [-0.39, 0.29) is 6.03 Å². The Morgan fingerprint density at radius 2 is 2.27 bits per heavy atom. The molecule has 0 atom stereocenters. The van der Waals surface area contributed by atoms with E-state index in [2.05, 4.69) is 15.6 Å². The van der Waals surface area contributed by atoms with E-state index in [0.29, 0.717) is 13.1 Å². The zero-order chi connectivity index (χ0) is 11.1. The van der Waals surface area contributed by atoms with E-state index < -0.39 is 0 Å². The Bertz CT molecular complexity index is 325. The van der Waals surface area contributed by atoms with Gasteiger partial charge in [-0.1, -0.05) is 6.92 Å². The summed E-state index contributed by atoms with van der Waals surface area (Å²) in [6.45, 7) is 5.25. The van der Waals surface area contributed by atoms with Crippen LogP contribution in [0.5, 0.6) is 0 Å². The number of hydrogen-bond acceptors (Lipinski definition) is 2. The SMILES string of the molecule is CCCNC(=O)NCc1cnccc1C. The Hall–Kier alpha value is -1.58. The fourth-order valence-corrected chi connectivity index (χ4v) is 1.16. The molecule has 2 amide bonds. The van der Waals surface area contributed by atoms with Gasteiger partial charge in [0.1, 0.15) is 0 Å². The number of pyridine rings is 1. The number of amides is 2. The molecule has 0 radical (unpaired) electrons. The van der Waals surface area contributed by atoms with Gasteiger partial charge in [0.05, 0.1) is 0 Å². The van der Waals surface area contributed by atoms with Crippen LogP contribution < -0.4 is 10.6 Å². The maximum absolute atomic E-state index is 11.2. The maximum Gasteiger partial charge on any atom is 0.315 e. The van der Waals surface area contributed by atoms with E-state index >= 15 is 0 Å². The third-order valence-corrected chi connectivity index (χ3v) is 2.12. The fourth-order valence-electron chi connectivity index (χ4n) is 1.16. The van der Waals surface area contributed by atoms with Crippen molar-refractivity contribution in [3.05, 3.63) is 29.6 Å². The van der Waals surface area contributed by atoms with Crippen molar-refractivity contribution in [3.63, 3.8) is 0 Å². The average molecular weight is 207 g/mol. The number of aromatic nitrogens is 1. The molecule has 15 heavy (non-hydrogen) atoms. The van der Waals surface area contributed by atoms with Gasteiger partial charge in [-0.25, -0.2) is 4.79 Å². The van der Waals surface area contributed by atoms with Crippen molar-refractivity contribution in [1.82, 2.24) is 15.6 Å². The van der Waals surface area contributed by atoms with Crippen LogP contribution in [0.25, 0.3) is 0 Å². The fraction of sp³-hybridized carbons (Fsp3) is 0.455. The minimum Gasteiger partial charge on any atom is -0.338 e. The molecule has 1 rings (SSSR count). The van der Waals surface area contributed by atoms with Gasteiger partial charge in [0.2, 0.25) is 0 Å². The number of rotatable bonds is 4. The second-order valence-corrected chi connectivity index (χ2v) is 3.41. The first-order valence-corrected chi connectivity index (χ1v) is 5.15. The minimum atomic E-state index is -0.125. The number of hydrogen-bond donors (Lipinski definition) is 2. The van der Waals surface area contributed by atoms with Crippen LogP contribution in [0.2, 0.25) is 0 Å². The molecule has 0 saturated carbocycles. The summed E-state index contributed by atoms with van der Waals surface area (Å²) >= 11 is 0. The molecule has 1 heterocycles. The summed E-state index contributed by atoms with van der Waals surface area (Å²) in [5.74, 6) is 0. The van der Waals surface area contributed by atoms with Gasteiger partial charge in [-0.3, -0.25) is 4.98 Å². The second kappa shape index (κ2) is 6.01. The van der Waals surface area contributed by atoms with Crippen molar-refractivity contribution in [2.75, 3.05) is 6.54 Å². The van der Waals surface area contributed by atoms with Gasteiger partial charge in [-0.05, 0) is 30.5 Å². The lowest BCUT2D eigenvalue weighted by molar-refractivity contribution is 0.240. The number of carbonyl (C=O) groups excluding carboxylic acids is 1. The van der Waals surface area contributed by atoms with Gasteiger partial charge < -0.3 is 10.6 Å². The number of carbonyl (C=O) groups is 1. The standard InChI is InChI=1S/C11H17N3O/c1-3-5-13-11(15)14-8-10-7-12-6-4-9(10)2/h4,6-7H,3,5,8H2,1-2H3,(H2,13,14,15).